The highest BCUT2D eigenvalue weighted by molar-refractivity contribution is 7.16. The number of thiophene rings is 1. The van der Waals surface area contributed by atoms with Crippen molar-refractivity contribution in [3.8, 4) is 11.5 Å². The molecule has 176 valence electrons. The first-order chi connectivity index (χ1) is 16.4. The number of aryl methyl sites for hydroxylation is 2. The average molecular weight is 482 g/mol. The van der Waals surface area contributed by atoms with Crippen LogP contribution in [0, 0.1) is 13.8 Å². The molecule has 0 unspecified atom stereocenters. The van der Waals surface area contributed by atoms with Gasteiger partial charge in [0.05, 0.1) is 18.2 Å². The van der Waals surface area contributed by atoms with Crippen LogP contribution in [-0.4, -0.2) is 38.4 Å². The summed E-state index contributed by atoms with van der Waals surface area (Å²) in [6, 6.07) is 12.4. The largest absolute Gasteiger partial charge is 0.465 e. The molecule has 1 aromatic heterocycles. The molecule has 8 nitrogen and oxygen atoms in total. The third-order valence-electron chi connectivity index (χ3n) is 5.29. The van der Waals surface area contributed by atoms with E-state index >= 15 is 0 Å². The van der Waals surface area contributed by atoms with Gasteiger partial charge in [-0.3, -0.25) is 4.79 Å². The van der Waals surface area contributed by atoms with Gasteiger partial charge in [-0.05, 0) is 55.7 Å². The Labute approximate surface area is 200 Å². The van der Waals surface area contributed by atoms with Gasteiger partial charge in [-0.15, -0.1) is 11.3 Å². The number of rotatable bonds is 7. The predicted octanol–water partition coefficient (Wildman–Crippen LogP) is 4.27. The number of hydrogen-bond donors (Lipinski definition) is 1. The first-order valence-electron chi connectivity index (χ1n) is 10.5. The smallest absolute Gasteiger partial charge is 0.341 e. The van der Waals surface area contributed by atoms with Crippen molar-refractivity contribution >= 4 is 34.2 Å². The summed E-state index contributed by atoms with van der Waals surface area (Å²) >= 11 is 1.26. The van der Waals surface area contributed by atoms with Crippen LogP contribution in [0.25, 0.3) is 0 Å². The quantitative estimate of drug-likeness (QED) is 0.503. The summed E-state index contributed by atoms with van der Waals surface area (Å²) in [5.74, 6) is -0.399. The Hall–Kier alpha value is -3.85. The highest BCUT2D eigenvalue weighted by atomic mass is 32.1. The number of esters is 2. The van der Waals surface area contributed by atoms with Crippen LogP contribution < -0.4 is 14.8 Å². The van der Waals surface area contributed by atoms with Crippen molar-refractivity contribution in [3.05, 3.63) is 75.2 Å². The van der Waals surface area contributed by atoms with Crippen molar-refractivity contribution in [1.82, 2.24) is 0 Å². The van der Waals surface area contributed by atoms with Crippen LogP contribution in [0.4, 0.5) is 5.00 Å². The van der Waals surface area contributed by atoms with Crippen LogP contribution in [-0.2, 0) is 20.7 Å². The normalized spacial score (nSPS) is 11.7. The summed E-state index contributed by atoms with van der Waals surface area (Å²) in [6.07, 6.45) is 0.432. The van der Waals surface area contributed by atoms with E-state index in [-0.39, 0.29) is 12.4 Å². The molecule has 1 amide bonds. The number of fused-ring (bicyclic) bond motifs is 1. The molecular weight excluding hydrogens is 458 g/mol. The predicted molar refractivity (Wildman–Crippen MR) is 126 cm³/mol. The maximum Gasteiger partial charge on any atom is 0.341 e. The molecule has 0 spiro atoms. The molecule has 9 heteroatoms. The molecule has 0 radical (unpaired) electrons. The third-order valence-corrected chi connectivity index (χ3v) is 6.35. The number of carbonyl (C=O) groups excluding carboxylic acids is 3. The Morgan fingerprint density at radius 3 is 2.47 bits per heavy atom. The molecule has 2 aromatic carbocycles. The monoisotopic (exact) mass is 481 g/mol. The lowest BCUT2D eigenvalue weighted by Gasteiger charge is -2.09. The van der Waals surface area contributed by atoms with Gasteiger partial charge in [0.15, 0.2) is 18.1 Å². The molecule has 34 heavy (non-hydrogen) atoms. The molecule has 1 aliphatic heterocycles. The van der Waals surface area contributed by atoms with E-state index in [4.69, 9.17) is 18.9 Å². The zero-order valence-corrected chi connectivity index (χ0v) is 19.7. The standard InChI is InChI=1S/C25H23NO7S/c1-14-4-7-17(8-5-14)24(28)31-12-21(27)26-23-22(25(29)30-3)18(15(2)34-23)10-16-6-9-19-20(11-16)33-13-32-19/h4-9,11H,10,12-13H2,1-3H3,(H,26,27). The summed E-state index contributed by atoms with van der Waals surface area (Å²) in [4.78, 5) is 38.2. The SMILES string of the molecule is COC(=O)c1c(NC(=O)COC(=O)c2ccc(C)cc2)sc(C)c1Cc1ccc2c(c1)OCO2. The molecule has 0 atom stereocenters. The number of ether oxygens (including phenoxy) is 4. The zero-order valence-electron chi connectivity index (χ0n) is 18.9. The van der Waals surface area contributed by atoms with Crippen molar-refractivity contribution in [2.75, 3.05) is 25.8 Å². The van der Waals surface area contributed by atoms with Crippen molar-refractivity contribution in [1.29, 1.82) is 0 Å². The molecule has 0 saturated carbocycles. The molecule has 0 fully saturated rings. The second kappa shape index (κ2) is 9.96. The van der Waals surface area contributed by atoms with E-state index in [1.165, 1.54) is 18.4 Å². The molecule has 1 aliphatic rings. The first kappa shape index (κ1) is 23.3. The average Bonchev–Trinajstić information content (AvgIpc) is 3.41. The van der Waals surface area contributed by atoms with Gasteiger partial charge in [-0.2, -0.15) is 0 Å². The van der Waals surface area contributed by atoms with Crippen LogP contribution in [0.5, 0.6) is 11.5 Å². The van der Waals surface area contributed by atoms with Crippen LogP contribution in [0.2, 0.25) is 0 Å². The highest BCUT2D eigenvalue weighted by Gasteiger charge is 2.25. The van der Waals surface area contributed by atoms with E-state index in [2.05, 4.69) is 5.32 Å². The lowest BCUT2D eigenvalue weighted by atomic mass is 10.0. The zero-order chi connectivity index (χ0) is 24.2. The lowest BCUT2D eigenvalue weighted by Crippen LogP contribution is -2.21. The second-order valence-electron chi connectivity index (χ2n) is 7.69. The van der Waals surface area contributed by atoms with E-state index in [1.807, 2.05) is 32.0 Å². The molecule has 2 heterocycles. The fourth-order valence-electron chi connectivity index (χ4n) is 3.52. The van der Waals surface area contributed by atoms with E-state index in [0.717, 1.165) is 21.6 Å². The van der Waals surface area contributed by atoms with Crippen LogP contribution in [0.3, 0.4) is 0 Å². The molecular formula is C25H23NO7S. The molecule has 4 rings (SSSR count). The first-order valence-corrected chi connectivity index (χ1v) is 11.3. The summed E-state index contributed by atoms with van der Waals surface area (Å²) in [7, 11) is 1.29. The number of nitrogens with one attached hydrogen (secondary N) is 1. The Morgan fingerprint density at radius 1 is 1.00 bits per heavy atom. The van der Waals surface area contributed by atoms with Gasteiger partial charge in [-0.25, -0.2) is 9.59 Å². The van der Waals surface area contributed by atoms with Gasteiger partial charge in [0.2, 0.25) is 6.79 Å². The van der Waals surface area contributed by atoms with E-state index in [1.54, 1.807) is 24.3 Å². The summed E-state index contributed by atoms with van der Waals surface area (Å²) in [5, 5.41) is 3.03. The fourth-order valence-corrected chi connectivity index (χ4v) is 4.60. The molecule has 3 aromatic rings. The Bertz CT molecular complexity index is 1250. The van der Waals surface area contributed by atoms with Crippen LogP contribution in [0.1, 0.15) is 42.3 Å². The number of benzene rings is 2. The Balaban J connectivity index is 1.49. The van der Waals surface area contributed by atoms with Gasteiger partial charge in [0.25, 0.3) is 5.91 Å². The number of anilines is 1. The second-order valence-corrected chi connectivity index (χ2v) is 8.91. The fraction of sp³-hybridized carbons (Fsp3) is 0.240. The number of amides is 1. The van der Waals surface area contributed by atoms with Gasteiger partial charge < -0.3 is 24.3 Å². The summed E-state index contributed by atoms with van der Waals surface area (Å²) in [6.45, 7) is 3.47. The van der Waals surface area contributed by atoms with Crippen molar-refractivity contribution < 1.29 is 33.3 Å². The van der Waals surface area contributed by atoms with Gasteiger partial charge >= 0.3 is 11.9 Å². The topological polar surface area (TPSA) is 100 Å². The van der Waals surface area contributed by atoms with Crippen molar-refractivity contribution in [2.24, 2.45) is 0 Å². The molecule has 0 bridgehead atoms. The van der Waals surface area contributed by atoms with Gasteiger partial charge in [-0.1, -0.05) is 23.8 Å². The van der Waals surface area contributed by atoms with Crippen molar-refractivity contribution in [2.45, 2.75) is 20.3 Å². The van der Waals surface area contributed by atoms with Gasteiger partial charge in [0, 0.05) is 4.88 Å². The molecule has 1 N–H and O–H groups in total. The van der Waals surface area contributed by atoms with Gasteiger partial charge in [0.1, 0.15) is 5.00 Å². The Kier molecular flexibility index (Phi) is 6.83. The number of methoxy groups -OCH3 is 1. The lowest BCUT2D eigenvalue weighted by molar-refractivity contribution is -0.119. The maximum atomic E-state index is 12.6. The van der Waals surface area contributed by atoms with E-state index in [0.29, 0.717) is 28.5 Å². The van der Waals surface area contributed by atoms with Crippen molar-refractivity contribution in [3.63, 3.8) is 0 Å². The highest BCUT2D eigenvalue weighted by Crippen LogP contribution is 2.37. The minimum atomic E-state index is -0.603. The molecule has 0 aliphatic carbocycles. The third kappa shape index (κ3) is 5.04. The summed E-state index contributed by atoms with van der Waals surface area (Å²) < 4.78 is 20.9. The van der Waals surface area contributed by atoms with Crippen LogP contribution >= 0.6 is 11.3 Å². The number of hydrogen-bond acceptors (Lipinski definition) is 8. The van der Waals surface area contributed by atoms with E-state index in [9.17, 15) is 14.4 Å². The van der Waals surface area contributed by atoms with Crippen LogP contribution in [0.15, 0.2) is 42.5 Å². The minimum absolute atomic E-state index is 0.175. The van der Waals surface area contributed by atoms with E-state index < -0.39 is 24.5 Å². The molecule has 0 saturated heterocycles. The number of carbonyl (C=O) groups is 3. The minimum Gasteiger partial charge on any atom is -0.465 e. The maximum absolute atomic E-state index is 12.6. The Morgan fingerprint density at radius 2 is 1.74 bits per heavy atom. The summed E-state index contributed by atoms with van der Waals surface area (Å²) in [5.41, 5.74) is 3.30.